The summed E-state index contributed by atoms with van der Waals surface area (Å²) >= 11 is 0. The summed E-state index contributed by atoms with van der Waals surface area (Å²) in [5.41, 5.74) is 3.92. The molecular formula is C25H40O3Si. The molecule has 0 bridgehead atoms. The summed E-state index contributed by atoms with van der Waals surface area (Å²) in [6, 6.07) is 0. The summed E-state index contributed by atoms with van der Waals surface area (Å²) in [5.74, 6) is 1.27. The van der Waals surface area contributed by atoms with Gasteiger partial charge in [-0.2, -0.15) is 0 Å². The highest BCUT2D eigenvalue weighted by Crippen LogP contribution is 2.72. The zero-order valence-corrected chi connectivity index (χ0v) is 20.4. The molecule has 4 saturated carbocycles. The summed E-state index contributed by atoms with van der Waals surface area (Å²) in [7, 11) is 0.254. The first-order valence-corrected chi connectivity index (χ1v) is 15.4. The maximum atomic E-state index is 13.6. The molecule has 4 aliphatic rings. The van der Waals surface area contributed by atoms with Crippen molar-refractivity contribution in [2.75, 3.05) is 7.11 Å². The van der Waals surface area contributed by atoms with E-state index >= 15 is 0 Å². The van der Waals surface area contributed by atoms with Gasteiger partial charge in [-0.05, 0) is 74.0 Å². The molecule has 4 rings (SSSR count). The second kappa shape index (κ2) is 6.80. The van der Waals surface area contributed by atoms with Crippen molar-refractivity contribution in [2.45, 2.75) is 91.3 Å². The predicted molar refractivity (Wildman–Crippen MR) is 119 cm³/mol. The molecule has 0 spiro atoms. The van der Waals surface area contributed by atoms with Crippen LogP contribution in [0.1, 0.15) is 71.6 Å². The van der Waals surface area contributed by atoms with Crippen LogP contribution in [-0.2, 0) is 14.3 Å². The van der Waals surface area contributed by atoms with Crippen LogP contribution >= 0.6 is 0 Å². The normalized spacial score (nSPS) is 46.1. The van der Waals surface area contributed by atoms with E-state index in [4.69, 9.17) is 4.74 Å². The molecule has 4 aliphatic carbocycles. The van der Waals surface area contributed by atoms with Crippen LogP contribution in [0.4, 0.5) is 0 Å². The molecule has 6 unspecified atom stereocenters. The monoisotopic (exact) mass is 416 g/mol. The second-order valence-electron chi connectivity index (χ2n) is 12.1. The number of ketones is 1. The maximum Gasteiger partial charge on any atom is 0.312 e. The molecule has 0 aromatic carbocycles. The lowest BCUT2D eigenvalue weighted by Gasteiger charge is -2.64. The molecule has 4 fully saturated rings. The van der Waals surface area contributed by atoms with E-state index in [2.05, 4.69) is 39.2 Å². The summed E-state index contributed by atoms with van der Waals surface area (Å²) in [4.78, 5) is 26.4. The summed E-state index contributed by atoms with van der Waals surface area (Å²) in [6.07, 6.45) is 9.00. The van der Waals surface area contributed by atoms with E-state index in [-0.39, 0.29) is 28.6 Å². The van der Waals surface area contributed by atoms with Gasteiger partial charge >= 0.3 is 5.97 Å². The molecule has 0 radical (unpaired) electrons. The van der Waals surface area contributed by atoms with Crippen LogP contribution in [0.15, 0.2) is 11.3 Å². The molecule has 0 heterocycles. The van der Waals surface area contributed by atoms with Crippen LogP contribution in [0.3, 0.4) is 0 Å². The number of carbonyl (C=O) groups is 2. The van der Waals surface area contributed by atoms with Crippen molar-refractivity contribution in [2.24, 2.45) is 34.0 Å². The Kier molecular flexibility index (Phi) is 5.00. The molecule has 29 heavy (non-hydrogen) atoms. The lowest BCUT2D eigenvalue weighted by atomic mass is 9.39. The number of carbonyl (C=O) groups excluding carboxylic acids is 2. The Morgan fingerprint density at radius 1 is 1.03 bits per heavy atom. The lowest BCUT2D eigenvalue weighted by molar-refractivity contribution is -0.199. The van der Waals surface area contributed by atoms with E-state index < -0.39 is 13.5 Å². The Bertz CT molecular complexity index is 750. The topological polar surface area (TPSA) is 43.4 Å². The highest BCUT2D eigenvalue weighted by molar-refractivity contribution is 6.81. The number of Topliss-reactive ketones (excluding diaryl/α,β-unsaturated/α-hetero) is 1. The van der Waals surface area contributed by atoms with Gasteiger partial charge in [-0.3, -0.25) is 9.59 Å². The van der Waals surface area contributed by atoms with E-state index in [1.165, 1.54) is 0 Å². The van der Waals surface area contributed by atoms with Gasteiger partial charge in [0.25, 0.3) is 0 Å². The number of allylic oxidation sites excluding steroid dienone is 1. The Hall–Kier alpha value is -0.903. The van der Waals surface area contributed by atoms with E-state index in [0.717, 1.165) is 57.8 Å². The van der Waals surface area contributed by atoms with Crippen molar-refractivity contribution in [3.05, 3.63) is 11.3 Å². The Morgan fingerprint density at radius 2 is 1.76 bits per heavy atom. The van der Waals surface area contributed by atoms with Gasteiger partial charge in [0.2, 0.25) is 0 Å². The third kappa shape index (κ3) is 2.95. The zero-order valence-electron chi connectivity index (χ0n) is 19.4. The number of hydrogen-bond donors (Lipinski definition) is 0. The first kappa shape index (κ1) is 21.3. The van der Waals surface area contributed by atoms with Crippen molar-refractivity contribution >= 4 is 19.8 Å². The first-order chi connectivity index (χ1) is 13.5. The Balaban J connectivity index is 1.82. The number of esters is 1. The van der Waals surface area contributed by atoms with Crippen molar-refractivity contribution in [1.82, 2.24) is 0 Å². The number of fused-ring (bicyclic) bond motifs is 5. The minimum atomic E-state index is -1.32. The smallest absolute Gasteiger partial charge is 0.312 e. The van der Waals surface area contributed by atoms with E-state index in [9.17, 15) is 9.59 Å². The fraction of sp³-hybridized carbons (Fsp3) is 0.840. The minimum Gasteiger partial charge on any atom is -0.469 e. The molecule has 0 amide bonds. The van der Waals surface area contributed by atoms with Gasteiger partial charge in [0, 0.05) is 12.3 Å². The fourth-order valence-corrected chi connectivity index (χ4v) is 10.0. The van der Waals surface area contributed by atoms with Crippen LogP contribution in [0, 0.1) is 34.0 Å². The average Bonchev–Trinajstić information content (AvgIpc) is 2.96. The van der Waals surface area contributed by atoms with Gasteiger partial charge < -0.3 is 4.74 Å². The summed E-state index contributed by atoms with van der Waals surface area (Å²) < 4.78 is 5.56. The standard InChI is InChI=1S/C25H40O3Si/c1-23-14-12-21-24(2)13-7-8-19(26)18(24)11-15-25(21,22(27)28-3)20(23)10-9-17(23)16-29(4,5)6/h16,18,20-21H,7-15H2,1-6H3/b17-16+. The van der Waals surface area contributed by atoms with Crippen molar-refractivity contribution in [3.63, 3.8) is 0 Å². The van der Waals surface area contributed by atoms with Crippen molar-refractivity contribution < 1.29 is 14.3 Å². The largest absolute Gasteiger partial charge is 0.469 e. The molecule has 0 saturated heterocycles. The molecule has 4 heteroatoms. The van der Waals surface area contributed by atoms with Crippen LogP contribution in [0.5, 0.6) is 0 Å². The van der Waals surface area contributed by atoms with Gasteiger partial charge in [0.05, 0.1) is 20.6 Å². The van der Waals surface area contributed by atoms with Crippen molar-refractivity contribution in [3.8, 4) is 0 Å². The lowest BCUT2D eigenvalue weighted by Crippen LogP contribution is -2.63. The third-order valence-corrected chi connectivity index (χ3v) is 10.8. The van der Waals surface area contributed by atoms with E-state index in [0.29, 0.717) is 11.7 Å². The van der Waals surface area contributed by atoms with Crippen molar-refractivity contribution in [1.29, 1.82) is 0 Å². The Labute approximate surface area is 178 Å². The molecule has 3 nitrogen and oxygen atoms in total. The number of ether oxygens (including phenoxy) is 1. The quantitative estimate of drug-likeness (QED) is 0.413. The fourth-order valence-electron chi connectivity index (χ4n) is 8.49. The second-order valence-corrected chi connectivity index (χ2v) is 17.1. The molecule has 0 N–H and O–H groups in total. The number of rotatable bonds is 2. The van der Waals surface area contributed by atoms with E-state index in [1.807, 2.05) is 0 Å². The summed E-state index contributed by atoms with van der Waals surface area (Å²) in [5, 5.41) is 0. The first-order valence-electron chi connectivity index (χ1n) is 11.8. The van der Waals surface area contributed by atoms with Crippen LogP contribution in [-0.4, -0.2) is 26.9 Å². The van der Waals surface area contributed by atoms with Gasteiger partial charge in [-0.15, -0.1) is 0 Å². The zero-order chi connectivity index (χ0) is 21.2. The highest BCUT2D eigenvalue weighted by Gasteiger charge is 2.69. The van der Waals surface area contributed by atoms with Gasteiger partial charge in [-0.1, -0.05) is 44.8 Å². The molecule has 0 aromatic heterocycles. The molecule has 0 aromatic rings. The SMILES string of the molecule is COC(=O)C12CCC3C(=O)CCCC3(C)C1CCC1(C)/C(=C/[Si](C)(C)C)CCC12. The molecule has 162 valence electrons. The number of methoxy groups -OCH3 is 1. The average molecular weight is 417 g/mol. The van der Waals surface area contributed by atoms with Crippen LogP contribution < -0.4 is 0 Å². The van der Waals surface area contributed by atoms with Gasteiger partial charge in [0.1, 0.15) is 5.78 Å². The highest BCUT2D eigenvalue weighted by atomic mass is 28.3. The third-order valence-electron chi connectivity index (χ3n) is 9.54. The Morgan fingerprint density at radius 3 is 2.41 bits per heavy atom. The maximum absolute atomic E-state index is 13.6. The van der Waals surface area contributed by atoms with Gasteiger partial charge in [-0.25, -0.2) is 0 Å². The van der Waals surface area contributed by atoms with Gasteiger partial charge in [0.15, 0.2) is 0 Å². The molecular weight excluding hydrogens is 376 g/mol. The molecule has 0 aliphatic heterocycles. The predicted octanol–water partition coefficient (Wildman–Crippen LogP) is 5.95. The minimum absolute atomic E-state index is 0.0189. The molecule has 6 atom stereocenters. The van der Waals surface area contributed by atoms with Crippen LogP contribution in [0.25, 0.3) is 0 Å². The number of hydrogen-bond acceptors (Lipinski definition) is 3. The van der Waals surface area contributed by atoms with E-state index in [1.54, 1.807) is 12.7 Å². The van der Waals surface area contributed by atoms with Crippen LogP contribution in [0.2, 0.25) is 19.6 Å². The summed E-state index contributed by atoms with van der Waals surface area (Å²) in [6.45, 7) is 12.0.